The highest BCUT2D eigenvalue weighted by Gasteiger charge is 2.07. The molecule has 0 atom stereocenters. The molecule has 2 aromatic heterocycles. The summed E-state index contributed by atoms with van der Waals surface area (Å²) >= 11 is 1.44. The van der Waals surface area contributed by atoms with E-state index >= 15 is 0 Å². The fourth-order valence-corrected chi connectivity index (χ4v) is 2.04. The number of H-pyrrole nitrogens is 1. The zero-order valence-electron chi connectivity index (χ0n) is 9.84. The monoisotopic (exact) mass is 267 g/mol. The molecule has 2 heterocycles. The SMILES string of the molecule is COCCNCc1nnc(-c2ccc(=O)[nH]n2)s1. The van der Waals surface area contributed by atoms with E-state index in [9.17, 15) is 4.79 Å². The van der Waals surface area contributed by atoms with Gasteiger partial charge in [-0.2, -0.15) is 5.10 Å². The second kappa shape index (κ2) is 6.34. The second-order valence-corrected chi connectivity index (χ2v) is 4.54. The molecule has 0 saturated heterocycles. The minimum absolute atomic E-state index is 0.232. The Morgan fingerprint density at radius 1 is 1.44 bits per heavy atom. The molecule has 0 amide bonds. The normalized spacial score (nSPS) is 10.7. The van der Waals surface area contributed by atoms with E-state index in [1.54, 1.807) is 13.2 Å². The quantitative estimate of drug-likeness (QED) is 0.717. The third-order valence-corrected chi connectivity index (χ3v) is 3.07. The van der Waals surface area contributed by atoms with Crippen LogP contribution >= 0.6 is 11.3 Å². The second-order valence-electron chi connectivity index (χ2n) is 3.48. The Bertz CT molecular complexity index is 533. The van der Waals surface area contributed by atoms with E-state index in [2.05, 4.69) is 25.7 Å². The molecule has 0 aliphatic heterocycles. The predicted molar refractivity (Wildman–Crippen MR) is 67.3 cm³/mol. The van der Waals surface area contributed by atoms with Gasteiger partial charge in [0.2, 0.25) is 0 Å². The molecule has 96 valence electrons. The largest absolute Gasteiger partial charge is 0.383 e. The molecule has 0 aliphatic rings. The Balaban J connectivity index is 1.97. The van der Waals surface area contributed by atoms with E-state index in [4.69, 9.17) is 4.74 Å². The van der Waals surface area contributed by atoms with E-state index in [0.29, 0.717) is 23.9 Å². The lowest BCUT2D eigenvalue weighted by Gasteiger charge is -1.99. The van der Waals surface area contributed by atoms with Crippen LogP contribution in [0.5, 0.6) is 0 Å². The lowest BCUT2D eigenvalue weighted by Crippen LogP contribution is -2.18. The molecule has 0 spiro atoms. The Labute approximate surface area is 107 Å². The Morgan fingerprint density at radius 2 is 2.33 bits per heavy atom. The van der Waals surface area contributed by atoms with Gasteiger partial charge < -0.3 is 10.1 Å². The smallest absolute Gasteiger partial charge is 0.264 e. The Hall–Kier alpha value is -1.64. The van der Waals surface area contributed by atoms with Gasteiger partial charge in [0, 0.05) is 26.3 Å². The van der Waals surface area contributed by atoms with Gasteiger partial charge in [-0.05, 0) is 6.07 Å². The van der Waals surface area contributed by atoms with Gasteiger partial charge in [0.1, 0.15) is 10.7 Å². The molecular weight excluding hydrogens is 254 g/mol. The van der Waals surface area contributed by atoms with Crippen LogP contribution in [0.2, 0.25) is 0 Å². The van der Waals surface area contributed by atoms with Crippen LogP contribution in [0.15, 0.2) is 16.9 Å². The maximum Gasteiger partial charge on any atom is 0.264 e. The van der Waals surface area contributed by atoms with Crippen LogP contribution in [0, 0.1) is 0 Å². The average molecular weight is 267 g/mol. The first-order valence-electron chi connectivity index (χ1n) is 5.38. The van der Waals surface area contributed by atoms with Gasteiger partial charge in [0.25, 0.3) is 5.56 Å². The summed E-state index contributed by atoms with van der Waals surface area (Å²) in [7, 11) is 1.66. The minimum Gasteiger partial charge on any atom is -0.383 e. The first kappa shape index (κ1) is 12.8. The third kappa shape index (κ3) is 3.42. The lowest BCUT2D eigenvalue weighted by molar-refractivity contribution is 0.199. The summed E-state index contributed by atoms with van der Waals surface area (Å²) < 4.78 is 4.93. The van der Waals surface area contributed by atoms with Crippen molar-refractivity contribution < 1.29 is 4.74 Å². The first-order chi connectivity index (χ1) is 8.79. The molecule has 7 nitrogen and oxygen atoms in total. The van der Waals surface area contributed by atoms with Gasteiger partial charge in [-0.3, -0.25) is 4.79 Å². The molecule has 0 aliphatic carbocycles. The summed E-state index contributed by atoms with van der Waals surface area (Å²) in [5, 5.41) is 19.1. The molecule has 0 saturated carbocycles. The van der Waals surface area contributed by atoms with Crippen molar-refractivity contribution in [3.63, 3.8) is 0 Å². The highest BCUT2D eigenvalue weighted by Crippen LogP contribution is 2.19. The summed E-state index contributed by atoms with van der Waals surface area (Å²) in [5.74, 6) is 0. The molecule has 2 N–H and O–H groups in total. The molecule has 2 rings (SSSR count). The highest BCUT2D eigenvalue weighted by atomic mass is 32.1. The number of nitrogens with one attached hydrogen (secondary N) is 2. The van der Waals surface area contributed by atoms with E-state index < -0.39 is 0 Å². The van der Waals surface area contributed by atoms with Crippen LogP contribution in [-0.4, -0.2) is 40.7 Å². The number of aromatic amines is 1. The number of aromatic nitrogens is 4. The van der Waals surface area contributed by atoms with Crippen molar-refractivity contribution in [2.45, 2.75) is 6.54 Å². The van der Waals surface area contributed by atoms with Gasteiger partial charge in [-0.25, -0.2) is 5.10 Å². The predicted octanol–water partition coefficient (Wildman–Crippen LogP) is 0.0244. The number of ether oxygens (including phenoxy) is 1. The van der Waals surface area contributed by atoms with Crippen molar-refractivity contribution in [2.24, 2.45) is 0 Å². The van der Waals surface area contributed by atoms with Crippen LogP contribution in [0.1, 0.15) is 5.01 Å². The van der Waals surface area contributed by atoms with Gasteiger partial charge in [0.05, 0.1) is 6.61 Å². The third-order valence-electron chi connectivity index (χ3n) is 2.12. The maximum absolute atomic E-state index is 10.9. The first-order valence-corrected chi connectivity index (χ1v) is 6.19. The van der Waals surface area contributed by atoms with E-state index in [1.807, 2.05) is 0 Å². The van der Waals surface area contributed by atoms with Crippen LogP contribution < -0.4 is 10.9 Å². The molecule has 0 bridgehead atoms. The highest BCUT2D eigenvalue weighted by molar-refractivity contribution is 7.14. The van der Waals surface area contributed by atoms with Crippen LogP contribution in [-0.2, 0) is 11.3 Å². The molecule has 8 heteroatoms. The molecule has 2 aromatic rings. The Morgan fingerprint density at radius 3 is 3.06 bits per heavy atom. The van der Waals surface area contributed by atoms with E-state index in [0.717, 1.165) is 11.6 Å². The van der Waals surface area contributed by atoms with Gasteiger partial charge in [-0.15, -0.1) is 10.2 Å². The van der Waals surface area contributed by atoms with Crippen molar-refractivity contribution in [3.05, 3.63) is 27.5 Å². The maximum atomic E-state index is 10.9. The van der Waals surface area contributed by atoms with Crippen molar-refractivity contribution in [3.8, 4) is 10.7 Å². The van der Waals surface area contributed by atoms with E-state index in [1.165, 1.54) is 17.4 Å². The standard InChI is InChI=1S/C10H13N5O2S/c1-17-5-4-11-6-9-14-15-10(18-9)7-2-3-8(16)13-12-7/h2-3,11H,4-6H2,1H3,(H,13,16). The zero-order valence-corrected chi connectivity index (χ0v) is 10.7. The van der Waals surface area contributed by atoms with Crippen molar-refractivity contribution in [2.75, 3.05) is 20.3 Å². The topological polar surface area (TPSA) is 92.8 Å². The number of methoxy groups -OCH3 is 1. The summed E-state index contributed by atoms with van der Waals surface area (Å²) in [6.07, 6.45) is 0. The Kier molecular flexibility index (Phi) is 4.51. The number of nitrogens with zero attached hydrogens (tertiary/aromatic N) is 3. The fraction of sp³-hybridized carbons (Fsp3) is 0.400. The summed E-state index contributed by atoms with van der Waals surface area (Å²) in [6, 6.07) is 3.04. The van der Waals surface area contributed by atoms with Gasteiger partial charge >= 0.3 is 0 Å². The van der Waals surface area contributed by atoms with Crippen LogP contribution in [0.4, 0.5) is 0 Å². The van der Waals surface area contributed by atoms with Crippen molar-refractivity contribution >= 4 is 11.3 Å². The molecule has 0 aromatic carbocycles. The van der Waals surface area contributed by atoms with Crippen LogP contribution in [0.25, 0.3) is 10.7 Å². The van der Waals surface area contributed by atoms with Crippen LogP contribution in [0.3, 0.4) is 0 Å². The van der Waals surface area contributed by atoms with Gasteiger partial charge in [0.15, 0.2) is 5.01 Å². The number of rotatable bonds is 6. The summed E-state index contributed by atoms with van der Waals surface area (Å²) in [5.41, 5.74) is 0.389. The molecule has 0 unspecified atom stereocenters. The fourth-order valence-electron chi connectivity index (χ4n) is 1.26. The zero-order chi connectivity index (χ0) is 12.8. The minimum atomic E-state index is -0.232. The summed E-state index contributed by atoms with van der Waals surface area (Å²) in [6.45, 7) is 2.07. The number of hydrogen-bond acceptors (Lipinski definition) is 7. The lowest BCUT2D eigenvalue weighted by atomic mass is 10.4. The summed E-state index contributed by atoms with van der Waals surface area (Å²) in [4.78, 5) is 10.9. The molecule has 0 fully saturated rings. The number of hydrogen-bond donors (Lipinski definition) is 2. The van der Waals surface area contributed by atoms with Crippen molar-refractivity contribution in [1.29, 1.82) is 0 Å². The van der Waals surface area contributed by atoms with Gasteiger partial charge in [-0.1, -0.05) is 11.3 Å². The molecular formula is C10H13N5O2S. The molecule has 0 radical (unpaired) electrons. The average Bonchev–Trinajstić information content (AvgIpc) is 2.84. The van der Waals surface area contributed by atoms with E-state index in [-0.39, 0.29) is 5.56 Å². The molecule has 18 heavy (non-hydrogen) atoms. The van der Waals surface area contributed by atoms with Crippen molar-refractivity contribution in [1.82, 2.24) is 25.7 Å².